The summed E-state index contributed by atoms with van der Waals surface area (Å²) in [5.74, 6) is 1.17. The van der Waals surface area contributed by atoms with E-state index in [0.717, 1.165) is 28.8 Å². The van der Waals surface area contributed by atoms with Gasteiger partial charge in [-0.3, -0.25) is 0 Å². The van der Waals surface area contributed by atoms with E-state index in [2.05, 4.69) is 23.0 Å². The summed E-state index contributed by atoms with van der Waals surface area (Å²) >= 11 is 0. The van der Waals surface area contributed by atoms with E-state index in [1.807, 2.05) is 32.0 Å². The van der Waals surface area contributed by atoms with Gasteiger partial charge in [0.2, 0.25) is 0 Å². The average Bonchev–Trinajstić information content (AvgIpc) is 2.93. The lowest BCUT2D eigenvalue weighted by Crippen LogP contribution is -3.00. The van der Waals surface area contributed by atoms with Crippen LogP contribution in [0.1, 0.15) is 22.6 Å². The van der Waals surface area contributed by atoms with Crippen molar-refractivity contribution >= 4 is 11.0 Å². The van der Waals surface area contributed by atoms with E-state index in [4.69, 9.17) is 9.15 Å². The number of hydrogen-bond acceptors (Lipinski definition) is 3. The monoisotopic (exact) mass is 343 g/mol. The minimum Gasteiger partial charge on any atom is -1.00 e. The number of halogens is 1. The average molecular weight is 344 g/mol. The van der Waals surface area contributed by atoms with Gasteiger partial charge in [-0.2, -0.15) is 0 Å². The lowest BCUT2D eigenvalue weighted by Gasteiger charge is -2.10. The first kappa shape index (κ1) is 16.5. The van der Waals surface area contributed by atoms with Crippen molar-refractivity contribution in [3.8, 4) is 5.75 Å². The maximum atomic E-state index is 11.7. The van der Waals surface area contributed by atoms with E-state index in [1.165, 1.54) is 5.56 Å². The molecule has 1 aliphatic heterocycles. The second kappa shape index (κ2) is 6.29. The van der Waals surface area contributed by atoms with E-state index < -0.39 is 0 Å². The molecule has 0 radical (unpaired) electrons. The molecule has 0 bridgehead atoms. The van der Waals surface area contributed by atoms with Crippen molar-refractivity contribution in [1.29, 1.82) is 0 Å². The molecule has 4 nitrogen and oxygen atoms in total. The van der Waals surface area contributed by atoms with Gasteiger partial charge in [0.15, 0.2) is 18.9 Å². The fraction of sp³-hybridized carbons (Fsp3) is 0.263. The number of ether oxygens (including phenoxy) is 1. The van der Waals surface area contributed by atoms with Crippen LogP contribution in [0, 0.1) is 13.8 Å². The van der Waals surface area contributed by atoms with Gasteiger partial charge in [0.05, 0.1) is 5.92 Å². The molecule has 0 spiro atoms. The number of hydrogen-bond donors (Lipinski definition) is 0. The van der Waals surface area contributed by atoms with Crippen LogP contribution in [0.4, 0.5) is 0 Å². The van der Waals surface area contributed by atoms with Crippen molar-refractivity contribution in [2.45, 2.75) is 26.3 Å². The molecular formula is C19H18ClNO3. The lowest BCUT2D eigenvalue weighted by atomic mass is 9.95. The Kier molecular flexibility index (Phi) is 4.33. The van der Waals surface area contributed by atoms with E-state index in [-0.39, 0.29) is 18.0 Å². The molecule has 1 atom stereocenters. The van der Waals surface area contributed by atoms with Crippen LogP contribution in [0.25, 0.3) is 11.0 Å². The van der Waals surface area contributed by atoms with Crippen LogP contribution in [0.3, 0.4) is 0 Å². The van der Waals surface area contributed by atoms with E-state index >= 15 is 0 Å². The molecule has 124 valence electrons. The number of rotatable bonds is 2. The molecule has 5 heteroatoms. The summed E-state index contributed by atoms with van der Waals surface area (Å²) < 4.78 is 13.5. The third-order valence-corrected chi connectivity index (χ3v) is 4.53. The maximum absolute atomic E-state index is 11.7. The summed E-state index contributed by atoms with van der Waals surface area (Å²) in [5.41, 5.74) is 3.39. The summed E-state index contributed by atoms with van der Waals surface area (Å²) in [5, 5.41) is 0.995. The Morgan fingerprint density at radius 1 is 1.17 bits per heavy atom. The van der Waals surface area contributed by atoms with Crippen LogP contribution >= 0.6 is 0 Å². The molecule has 0 aliphatic carbocycles. The highest BCUT2D eigenvalue weighted by Gasteiger charge is 2.30. The van der Waals surface area contributed by atoms with Crippen molar-refractivity contribution < 1.29 is 26.1 Å². The normalized spacial score (nSPS) is 15.7. The van der Waals surface area contributed by atoms with Gasteiger partial charge < -0.3 is 21.6 Å². The predicted molar refractivity (Wildman–Crippen MR) is 86.8 cm³/mol. The van der Waals surface area contributed by atoms with Gasteiger partial charge in [0, 0.05) is 34.7 Å². The number of aromatic nitrogens is 1. The maximum Gasteiger partial charge on any atom is 0.336 e. The van der Waals surface area contributed by atoms with Crippen molar-refractivity contribution in [3.63, 3.8) is 0 Å². The molecule has 0 saturated heterocycles. The zero-order valence-corrected chi connectivity index (χ0v) is 14.3. The largest absolute Gasteiger partial charge is 1.00 e. The zero-order chi connectivity index (χ0) is 16.0. The van der Waals surface area contributed by atoms with Crippen molar-refractivity contribution in [1.82, 2.24) is 0 Å². The molecule has 0 saturated carbocycles. The van der Waals surface area contributed by atoms with Crippen LogP contribution in [0.15, 0.2) is 51.9 Å². The third kappa shape index (κ3) is 2.67. The molecule has 1 unspecified atom stereocenters. The Morgan fingerprint density at radius 2 is 1.92 bits per heavy atom. The number of fused-ring (bicyclic) bond motifs is 2. The summed E-state index contributed by atoms with van der Waals surface area (Å²) in [6.45, 7) is 5.43. The number of aryl methyl sites for hydroxylation is 2. The summed E-state index contributed by atoms with van der Waals surface area (Å²) in [4.78, 5) is 11.7. The Hall–Kier alpha value is -2.33. The standard InChI is InChI=1S/C19H18NO3.ClH/c1-12-8-17(21)23-19-13(2)18-16(9-15(12)19)14(11-22-18)10-20-6-4-3-5-7-20;/h3-9,14H,10-11H2,1-2H3;1H/q+1;/p-1. The Balaban J connectivity index is 0.00000169. The van der Waals surface area contributed by atoms with Crippen LogP contribution < -0.4 is 27.3 Å². The summed E-state index contributed by atoms with van der Waals surface area (Å²) in [7, 11) is 0. The molecule has 1 aromatic carbocycles. The van der Waals surface area contributed by atoms with Crippen molar-refractivity contribution in [3.05, 3.63) is 69.8 Å². The van der Waals surface area contributed by atoms with Crippen LogP contribution in [-0.4, -0.2) is 6.61 Å². The highest BCUT2D eigenvalue weighted by atomic mass is 35.5. The highest BCUT2D eigenvalue weighted by Crippen LogP contribution is 2.41. The van der Waals surface area contributed by atoms with E-state index in [9.17, 15) is 4.79 Å². The molecule has 0 N–H and O–H groups in total. The number of pyridine rings is 1. The van der Waals surface area contributed by atoms with Crippen molar-refractivity contribution in [2.75, 3.05) is 6.61 Å². The minimum atomic E-state index is -0.313. The molecule has 1 aliphatic rings. The Morgan fingerprint density at radius 3 is 2.67 bits per heavy atom. The van der Waals surface area contributed by atoms with Gasteiger partial charge in [0.25, 0.3) is 0 Å². The molecule has 2 aromatic heterocycles. The smallest absolute Gasteiger partial charge is 0.336 e. The number of nitrogens with zero attached hydrogens (tertiary/aromatic N) is 1. The molecule has 3 aromatic rings. The van der Waals surface area contributed by atoms with Crippen LogP contribution in [0.5, 0.6) is 5.75 Å². The van der Waals surface area contributed by atoms with Gasteiger partial charge in [-0.05, 0) is 25.5 Å². The first-order valence-corrected chi connectivity index (χ1v) is 7.78. The first-order valence-electron chi connectivity index (χ1n) is 7.78. The second-order valence-electron chi connectivity index (χ2n) is 6.13. The van der Waals surface area contributed by atoms with Gasteiger partial charge in [-0.15, -0.1) is 0 Å². The minimum absolute atomic E-state index is 0. The van der Waals surface area contributed by atoms with Crippen molar-refractivity contribution in [2.24, 2.45) is 0 Å². The topological polar surface area (TPSA) is 43.3 Å². The molecule has 0 amide bonds. The molecule has 0 fully saturated rings. The van der Waals surface area contributed by atoms with Crippen LogP contribution in [0.2, 0.25) is 0 Å². The lowest BCUT2D eigenvalue weighted by molar-refractivity contribution is -0.699. The predicted octanol–water partition coefficient (Wildman–Crippen LogP) is -0.122. The van der Waals surface area contributed by atoms with E-state index in [1.54, 1.807) is 6.07 Å². The fourth-order valence-corrected chi connectivity index (χ4v) is 3.35. The third-order valence-electron chi connectivity index (χ3n) is 4.53. The highest BCUT2D eigenvalue weighted by molar-refractivity contribution is 5.86. The quantitative estimate of drug-likeness (QED) is 0.481. The first-order chi connectivity index (χ1) is 11.1. The Bertz CT molecular complexity index is 950. The SMILES string of the molecule is Cc1cc(=O)oc2c(C)c3c(cc12)C(C[n+]1ccccc1)CO3.[Cl-]. The summed E-state index contributed by atoms with van der Waals surface area (Å²) in [6, 6.07) is 9.74. The molecule has 24 heavy (non-hydrogen) atoms. The molecule has 4 rings (SSSR count). The fourth-order valence-electron chi connectivity index (χ4n) is 3.35. The van der Waals surface area contributed by atoms with Gasteiger partial charge in [0.1, 0.15) is 17.9 Å². The van der Waals surface area contributed by atoms with Crippen LogP contribution in [-0.2, 0) is 6.54 Å². The van der Waals surface area contributed by atoms with Gasteiger partial charge in [-0.1, -0.05) is 6.07 Å². The molecular weight excluding hydrogens is 326 g/mol. The summed E-state index contributed by atoms with van der Waals surface area (Å²) in [6.07, 6.45) is 4.13. The van der Waals surface area contributed by atoms with Gasteiger partial charge in [-0.25, -0.2) is 9.36 Å². The zero-order valence-electron chi connectivity index (χ0n) is 13.6. The number of benzene rings is 1. The van der Waals surface area contributed by atoms with Gasteiger partial charge >= 0.3 is 5.63 Å². The molecule has 3 heterocycles. The second-order valence-corrected chi connectivity index (χ2v) is 6.13. The van der Waals surface area contributed by atoms with E-state index in [0.29, 0.717) is 18.1 Å². The Labute approximate surface area is 146 Å².